The predicted octanol–water partition coefficient (Wildman–Crippen LogP) is 3.69. The van der Waals surface area contributed by atoms with Gasteiger partial charge in [-0.25, -0.2) is 0 Å². The summed E-state index contributed by atoms with van der Waals surface area (Å²) in [6.07, 6.45) is 0.621. The second-order valence-corrected chi connectivity index (χ2v) is 4.54. The molecule has 2 rings (SSSR count). The number of rotatable bonds is 5. The smallest absolute Gasteiger partial charge is 0.318 e. The van der Waals surface area contributed by atoms with Gasteiger partial charge >= 0.3 is 5.97 Å². The Balaban J connectivity index is 2.11. The number of nitro benzene ring substituents is 1. The molecule has 0 radical (unpaired) electrons. The number of benzene rings is 2. The van der Waals surface area contributed by atoms with Crippen LogP contribution in [-0.4, -0.2) is 10.9 Å². The third kappa shape index (κ3) is 3.66. The number of ether oxygens (including phenoxy) is 1. The van der Waals surface area contributed by atoms with E-state index in [9.17, 15) is 14.9 Å². The van der Waals surface area contributed by atoms with Crippen molar-refractivity contribution in [1.82, 2.24) is 0 Å². The fraction of sp³-hybridized carbons (Fsp3) is 0.188. The van der Waals surface area contributed by atoms with Crippen LogP contribution in [0.15, 0.2) is 54.6 Å². The van der Waals surface area contributed by atoms with Gasteiger partial charge in [-0.15, -0.1) is 0 Å². The molecular weight excluding hydrogens is 270 g/mol. The third-order valence-electron chi connectivity index (χ3n) is 3.16. The van der Waals surface area contributed by atoms with E-state index in [1.54, 1.807) is 0 Å². The van der Waals surface area contributed by atoms with Crippen LogP contribution in [0.5, 0.6) is 5.75 Å². The summed E-state index contributed by atoms with van der Waals surface area (Å²) < 4.78 is 5.30. The van der Waals surface area contributed by atoms with Crippen LogP contribution in [0.3, 0.4) is 0 Å². The minimum Gasteiger partial charge on any atom is -0.426 e. The van der Waals surface area contributed by atoms with Gasteiger partial charge in [0.2, 0.25) is 0 Å². The first-order valence-corrected chi connectivity index (χ1v) is 6.63. The normalized spacial score (nSPS) is 11.7. The first kappa shape index (κ1) is 14.7. The molecule has 0 unspecified atom stereocenters. The average Bonchev–Trinajstić information content (AvgIpc) is 2.49. The zero-order valence-corrected chi connectivity index (χ0v) is 11.6. The van der Waals surface area contributed by atoms with Gasteiger partial charge in [0.05, 0.1) is 10.8 Å². The van der Waals surface area contributed by atoms with E-state index in [0.29, 0.717) is 12.2 Å². The van der Waals surface area contributed by atoms with Crippen LogP contribution in [0, 0.1) is 10.1 Å². The first-order valence-electron chi connectivity index (χ1n) is 6.63. The third-order valence-corrected chi connectivity index (χ3v) is 3.16. The minimum atomic E-state index is -0.496. The maximum Gasteiger partial charge on any atom is 0.318 e. The van der Waals surface area contributed by atoms with Crippen molar-refractivity contribution in [3.05, 3.63) is 70.3 Å². The molecule has 21 heavy (non-hydrogen) atoms. The van der Waals surface area contributed by atoms with Crippen LogP contribution in [0.1, 0.15) is 24.8 Å². The molecule has 0 saturated carbocycles. The van der Waals surface area contributed by atoms with Crippen molar-refractivity contribution in [2.75, 3.05) is 0 Å². The van der Waals surface area contributed by atoms with E-state index >= 15 is 0 Å². The maximum absolute atomic E-state index is 12.2. The Kier molecular flexibility index (Phi) is 4.66. The fourth-order valence-corrected chi connectivity index (χ4v) is 2.05. The number of non-ortho nitro benzene ring substituents is 1. The standard InChI is InChI=1S/C16H15NO4/c1-2-15(12-6-4-3-5-7-12)16(18)21-14-10-8-13(9-11-14)17(19)20/h3-11,15H,2H2,1H3/t15-/m1/s1. The lowest BCUT2D eigenvalue weighted by Gasteiger charge is -2.14. The molecule has 0 aliphatic rings. The maximum atomic E-state index is 12.2. The minimum absolute atomic E-state index is 0.0371. The van der Waals surface area contributed by atoms with E-state index in [0.717, 1.165) is 5.56 Å². The quantitative estimate of drug-likeness (QED) is 0.363. The van der Waals surface area contributed by atoms with Crippen molar-refractivity contribution in [2.24, 2.45) is 0 Å². The molecule has 0 saturated heterocycles. The molecule has 0 spiro atoms. The molecule has 0 amide bonds. The van der Waals surface area contributed by atoms with Gasteiger partial charge in [0.25, 0.3) is 5.69 Å². The number of carbonyl (C=O) groups is 1. The van der Waals surface area contributed by atoms with Gasteiger partial charge in [-0.2, -0.15) is 0 Å². The van der Waals surface area contributed by atoms with Crippen LogP contribution < -0.4 is 4.74 Å². The number of nitrogens with zero attached hydrogens (tertiary/aromatic N) is 1. The number of esters is 1. The molecule has 2 aromatic rings. The van der Waals surface area contributed by atoms with Crippen molar-refractivity contribution >= 4 is 11.7 Å². The largest absolute Gasteiger partial charge is 0.426 e. The molecule has 1 atom stereocenters. The number of carbonyl (C=O) groups excluding carboxylic acids is 1. The number of hydrogen-bond donors (Lipinski definition) is 0. The van der Waals surface area contributed by atoms with E-state index < -0.39 is 4.92 Å². The summed E-state index contributed by atoms with van der Waals surface area (Å²) in [7, 11) is 0. The highest BCUT2D eigenvalue weighted by Crippen LogP contribution is 2.23. The van der Waals surface area contributed by atoms with E-state index in [1.165, 1.54) is 24.3 Å². The lowest BCUT2D eigenvalue weighted by atomic mass is 9.97. The molecule has 108 valence electrons. The van der Waals surface area contributed by atoms with Crippen molar-refractivity contribution in [3.63, 3.8) is 0 Å². The van der Waals surface area contributed by atoms with Crippen molar-refractivity contribution in [3.8, 4) is 5.75 Å². The Morgan fingerprint density at radius 2 is 1.76 bits per heavy atom. The van der Waals surface area contributed by atoms with Crippen LogP contribution in [0.2, 0.25) is 0 Å². The fourth-order valence-electron chi connectivity index (χ4n) is 2.05. The zero-order chi connectivity index (χ0) is 15.2. The second-order valence-electron chi connectivity index (χ2n) is 4.54. The molecule has 0 aliphatic carbocycles. The topological polar surface area (TPSA) is 69.4 Å². The lowest BCUT2D eigenvalue weighted by molar-refractivity contribution is -0.384. The van der Waals surface area contributed by atoms with Crippen LogP contribution >= 0.6 is 0 Å². The summed E-state index contributed by atoms with van der Waals surface area (Å²) >= 11 is 0. The van der Waals surface area contributed by atoms with Crippen molar-refractivity contribution in [2.45, 2.75) is 19.3 Å². The average molecular weight is 285 g/mol. The van der Waals surface area contributed by atoms with Crippen molar-refractivity contribution in [1.29, 1.82) is 0 Å². The summed E-state index contributed by atoms with van der Waals surface area (Å²) in [4.78, 5) is 22.3. The highest BCUT2D eigenvalue weighted by Gasteiger charge is 2.20. The van der Waals surface area contributed by atoms with Gasteiger partial charge in [0, 0.05) is 12.1 Å². The Bertz CT molecular complexity index is 622. The van der Waals surface area contributed by atoms with Crippen LogP contribution in [0.25, 0.3) is 0 Å². The Hall–Kier alpha value is -2.69. The van der Waals surface area contributed by atoms with Gasteiger partial charge in [0.1, 0.15) is 5.75 Å². The van der Waals surface area contributed by atoms with Crippen LogP contribution in [-0.2, 0) is 4.79 Å². The van der Waals surface area contributed by atoms with Crippen molar-refractivity contribution < 1.29 is 14.5 Å². The first-order chi connectivity index (χ1) is 10.1. The molecule has 0 heterocycles. The van der Waals surface area contributed by atoms with Gasteiger partial charge in [-0.3, -0.25) is 14.9 Å². The number of hydrogen-bond acceptors (Lipinski definition) is 4. The molecule has 5 nitrogen and oxygen atoms in total. The molecule has 0 bridgehead atoms. The molecule has 0 aromatic heterocycles. The van der Waals surface area contributed by atoms with Gasteiger partial charge in [0.15, 0.2) is 0 Å². The Morgan fingerprint density at radius 1 is 1.14 bits per heavy atom. The predicted molar refractivity (Wildman–Crippen MR) is 78.2 cm³/mol. The highest BCUT2D eigenvalue weighted by atomic mass is 16.6. The van der Waals surface area contributed by atoms with E-state index in [-0.39, 0.29) is 17.6 Å². The van der Waals surface area contributed by atoms with E-state index in [2.05, 4.69) is 0 Å². The summed E-state index contributed by atoms with van der Waals surface area (Å²) in [6.45, 7) is 1.91. The van der Waals surface area contributed by atoms with E-state index in [1.807, 2.05) is 37.3 Å². The summed E-state index contributed by atoms with van der Waals surface area (Å²) in [6, 6.07) is 14.9. The summed E-state index contributed by atoms with van der Waals surface area (Å²) in [5.41, 5.74) is 0.858. The lowest BCUT2D eigenvalue weighted by Crippen LogP contribution is -2.18. The van der Waals surface area contributed by atoms with Gasteiger partial charge < -0.3 is 4.74 Å². The Labute approximate surface area is 122 Å². The summed E-state index contributed by atoms with van der Waals surface area (Å²) in [5, 5.41) is 10.6. The summed E-state index contributed by atoms with van der Waals surface area (Å²) in [5.74, 6) is -0.404. The molecule has 5 heteroatoms. The second kappa shape index (κ2) is 6.65. The Morgan fingerprint density at radius 3 is 2.29 bits per heavy atom. The molecule has 0 aliphatic heterocycles. The van der Waals surface area contributed by atoms with Crippen LogP contribution in [0.4, 0.5) is 5.69 Å². The molecule has 0 N–H and O–H groups in total. The molecular formula is C16H15NO4. The molecule has 2 aromatic carbocycles. The highest BCUT2D eigenvalue weighted by molar-refractivity contribution is 5.80. The number of nitro groups is 1. The zero-order valence-electron chi connectivity index (χ0n) is 11.6. The SMILES string of the molecule is CC[C@@H](C(=O)Oc1ccc([N+](=O)[O-])cc1)c1ccccc1. The van der Waals surface area contributed by atoms with E-state index in [4.69, 9.17) is 4.74 Å². The monoisotopic (exact) mass is 285 g/mol. The van der Waals surface area contributed by atoms with Gasteiger partial charge in [-0.1, -0.05) is 37.3 Å². The van der Waals surface area contributed by atoms with Gasteiger partial charge in [-0.05, 0) is 24.1 Å². The molecule has 0 fully saturated rings.